The molecular formula is C10H10NO-. The van der Waals surface area contributed by atoms with Crippen molar-refractivity contribution in [2.75, 3.05) is 0 Å². The summed E-state index contributed by atoms with van der Waals surface area (Å²) in [6.07, 6.45) is 0.500. The first kappa shape index (κ1) is 10.3. The zero-order chi connectivity index (χ0) is 9.40. The molecule has 0 N–H and O–H groups in total. The van der Waals surface area contributed by atoms with E-state index in [0.29, 0.717) is 6.08 Å². The number of hydrogen-bond donors (Lipinski definition) is 0. The van der Waals surface area contributed by atoms with Crippen molar-refractivity contribution in [1.82, 2.24) is 0 Å². The first-order valence-electron chi connectivity index (χ1n) is 3.44. The summed E-state index contributed by atoms with van der Waals surface area (Å²) in [5.41, 5.74) is 2.34. The number of hydrogen-bond acceptors (Lipinski definition) is 1. The van der Waals surface area contributed by atoms with Crippen LogP contribution in [0.4, 0.5) is 0 Å². The lowest BCUT2D eigenvalue weighted by Crippen LogP contribution is -1.72. The highest BCUT2D eigenvalue weighted by Gasteiger charge is 1.86. The van der Waals surface area contributed by atoms with Crippen LogP contribution in [-0.2, 0) is 4.79 Å². The minimum absolute atomic E-state index is 0.500. The van der Waals surface area contributed by atoms with Crippen LogP contribution in [0.25, 0.3) is 11.0 Å². The van der Waals surface area contributed by atoms with E-state index < -0.39 is 0 Å². The molecule has 1 aromatic carbocycles. The molecule has 1 aromatic rings. The van der Waals surface area contributed by atoms with Gasteiger partial charge in [0.2, 0.25) is 0 Å². The first-order chi connectivity index (χ1) is 5.72. The summed E-state index contributed by atoms with van der Waals surface area (Å²) in [6, 6.07) is 10.2. The van der Waals surface area contributed by atoms with Gasteiger partial charge in [-0.15, -0.1) is 0 Å². The average molecular weight is 160 g/mol. The Morgan fingerprint density at radius 2 is 1.83 bits per heavy atom. The van der Waals surface area contributed by atoms with Gasteiger partial charge >= 0.3 is 0 Å². The molecule has 0 atom stereocenters. The Hall–Kier alpha value is -1.66. The summed E-state index contributed by atoms with van der Waals surface area (Å²) in [6.45, 7) is 5.83. The first-order valence-corrected chi connectivity index (χ1v) is 3.44. The Balaban J connectivity index is 0.000000354. The normalized spacial score (nSPS) is 7.42. The smallest absolute Gasteiger partial charge is 0.0159 e. The zero-order valence-corrected chi connectivity index (χ0v) is 6.95. The van der Waals surface area contributed by atoms with Crippen molar-refractivity contribution >= 4 is 11.7 Å². The third kappa shape index (κ3) is 4.20. The largest absolute Gasteiger partial charge is 0.724 e. The molecule has 62 valence electrons. The van der Waals surface area contributed by atoms with E-state index in [2.05, 4.69) is 18.7 Å². The van der Waals surface area contributed by atoms with Gasteiger partial charge in [-0.1, -0.05) is 42.5 Å². The highest BCUT2D eigenvalue weighted by molar-refractivity contribution is 5.60. The predicted molar refractivity (Wildman–Crippen MR) is 50.2 cm³/mol. The van der Waals surface area contributed by atoms with Crippen LogP contribution in [0, 0.1) is 0 Å². The second-order valence-electron chi connectivity index (χ2n) is 2.24. The van der Waals surface area contributed by atoms with Gasteiger partial charge in [-0.25, -0.2) is 0 Å². The van der Waals surface area contributed by atoms with Gasteiger partial charge in [-0.2, -0.15) is 0 Å². The molecule has 1 rings (SSSR count). The van der Waals surface area contributed by atoms with Crippen LogP contribution in [0.3, 0.4) is 0 Å². The molecule has 0 radical (unpaired) electrons. The van der Waals surface area contributed by atoms with Crippen LogP contribution in [-0.4, -0.2) is 6.08 Å². The Morgan fingerprint density at radius 3 is 2.08 bits per heavy atom. The minimum Gasteiger partial charge on any atom is -0.724 e. The average Bonchev–Trinajstić information content (AvgIpc) is 2.07. The molecule has 0 aliphatic rings. The van der Waals surface area contributed by atoms with E-state index in [9.17, 15) is 0 Å². The van der Waals surface area contributed by atoms with Crippen LogP contribution < -0.4 is 0 Å². The van der Waals surface area contributed by atoms with Crippen molar-refractivity contribution in [3.8, 4) is 0 Å². The van der Waals surface area contributed by atoms with Crippen molar-refractivity contribution in [2.24, 2.45) is 0 Å². The zero-order valence-electron chi connectivity index (χ0n) is 6.95. The Bertz CT molecular complexity index is 271. The number of rotatable bonds is 1. The highest BCUT2D eigenvalue weighted by atomic mass is 16.1. The Labute approximate surface area is 72.1 Å². The molecule has 0 amide bonds. The fraction of sp³-hybridized carbons (Fsp3) is 0.100. The standard InChI is InChI=1S/C9H10.CNO/c1-8(2)9-6-4-3-5-7-9;2-1-3/h3-7H,1H2,2H3;/q;-1. The molecule has 2 nitrogen and oxygen atoms in total. The van der Waals surface area contributed by atoms with Crippen molar-refractivity contribution in [3.63, 3.8) is 0 Å². The topological polar surface area (TPSA) is 39.4 Å². The van der Waals surface area contributed by atoms with Gasteiger partial charge in [-0.3, -0.25) is 4.79 Å². The van der Waals surface area contributed by atoms with Gasteiger partial charge in [-0.05, 0) is 18.6 Å². The van der Waals surface area contributed by atoms with E-state index >= 15 is 0 Å². The Morgan fingerprint density at radius 1 is 1.42 bits per heavy atom. The monoisotopic (exact) mass is 160 g/mol. The van der Waals surface area contributed by atoms with Crippen LogP contribution in [0.1, 0.15) is 12.5 Å². The number of benzene rings is 1. The number of isocyanates is 1. The minimum atomic E-state index is 0.500. The molecule has 0 aliphatic heterocycles. The van der Waals surface area contributed by atoms with Gasteiger partial charge in [0, 0.05) is 0 Å². The van der Waals surface area contributed by atoms with E-state index in [4.69, 9.17) is 10.2 Å². The van der Waals surface area contributed by atoms with E-state index in [1.165, 1.54) is 5.56 Å². The van der Waals surface area contributed by atoms with Crippen molar-refractivity contribution < 1.29 is 4.79 Å². The molecule has 0 unspecified atom stereocenters. The van der Waals surface area contributed by atoms with Crippen molar-refractivity contribution in [3.05, 3.63) is 47.9 Å². The second kappa shape index (κ2) is 6.08. The fourth-order valence-electron chi connectivity index (χ4n) is 0.723. The van der Waals surface area contributed by atoms with Crippen LogP contribution in [0.5, 0.6) is 0 Å². The van der Waals surface area contributed by atoms with Gasteiger partial charge in [0.05, 0.1) is 0 Å². The maximum absolute atomic E-state index is 8.24. The summed E-state index contributed by atoms with van der Waals surface area (Å²) in [5.74, 6) is 0. The Kier molecular flexibility index (Phi) is 5.24. The molecule has 0 saturated heterocycles. The number of carbonyl (C=O) groups excluding carboxylic acids is 1. The van der Waals surface area contributed by atoms with Gasteiger partial charge < -0.3 is 5.41 Å². The lowest BCUT2D eigenvalue weighted by Gasteiger charge is -1.94. The highest BCUT2D eigenvalue weighted by Crippen LogP contribution is 2.08. The third-order valence-electron chi connectivity index (χ3n) is 1.27. The molecule has 0 aliphatic carbocycles. The summed E-state index contributed by atoms with van der Waals surface area (Å²) >= 11 is 0. The van der Waals surface area contributed by atoms with Gasteiger partial charge in [0.25, 0.3) is 0 Å². The SMILES string of the molecule is C=C(C)c1ccccc1.[N-]=C=O. The van der Waals surface area contributed by atoms with Crippen LogP contribution in [0.2, 0.25) is 0 Å². The van der Waals surface area contributed by atoms with Gasteiger partial charge in [0.1, 0.15) is 0 Å². The van der Waals surface area contributed by atoms with Gasteiger partial charge in [0.15, 0.2) is 0 Å². The van der Waals surface area contributed by atoms with Crippen molar-refractivity contribution in [1.29, 1.82) is 0 Å². The fourth-order valence-corrected chi connectivity index (χ4v) is 0.723. The molecule has 0 bridgehead atoms. The van der Waals surface area contributed by atoms with Crippen molar-refractivity contribution in [2.45, 2.75) is 6.92 Å². The molecular weight excluding hydrogens is 150 g/mol. The summed E-state index contributed by atoms with van der Waals surface area (Å²) < 4.78 is 0. The molecule has 0 spiro atoms. The maximum Gasteiger partial charge on any atom is -0.0159 e. The molecule has 0 saturated carbocycles. The number of nitrogens with zero attached hydrogens (tertiary/aromatic N) is 1. The summed E-state index contributed by atoms with van der Waals surface area (Å²) in [7, 11) is 0. The molecule has 0 aromatic heterocycles. The van der Waals surface area contributed by atoms with E-state index in [1.54, 1.807) is 0 Å². The second-order valence-corrected chi connectivity index (χ2v) is 2.24. The van der Waals surface area contributed by atoms with E-state index in [-0.39, 0.29) is 0 Å². The molecule has 0 heterocycles. The lowest BCUT2D eigenvalue weighted by atomic mass is 10.1. The molecule has 2 heteroatoms. The van der Waals surface area contributed by atoms with Crippen LogP contribution >= 0.6 is 0 Å². The molecule has 12 heavy (non-hydrogen) atoms. The number of allylic oxidation sites excluding steroid dienone is 1. The van der Waals surface area contributed by atoms with E-state index in [1.807, 2.05) is 25.1 Å². The maximum atomic E-state index is 8.24. The van der Waals surface area contributed by atoms with E-state index in [0.717, 1.165) is 5.57 Å². The third-order valence-corrected chi connectivity index (χ3v) is 1.27. The quantitative estimate of drug-likeness (QED) is 0.459. The molecule has 0 fully saturated rings. The lowest BCUT2D eigenvalue weighted by molar-refractivity contribution is 0.569. The predicted octanol–water partition coefficient (Wildman–Crippen LogP) is 2.61. The van der Waals surface area contributed by atoms with Crippen LogP contribution in [0.15, 0.2) is 36.9 Å². The summed E-state index contributed by atoms with van der Waals surface area (Å²) in [5, 5.41) is 6.76. The summed E-state index contributed by atoms with van der Waals surface area (Å²) in [4.78, 5) is 8.24.